The highest BCUT2D eigenvalue weighted by molar-refractivity contribution is 7.98. The molecule has 2 heterocycles. The molecule has 0 bridgehead atoms. The maximum absolute atomic E-state index is 11.6. The Morgan fingerprint density at radius 2 is 2.14 bits per heavy atom. The zero-order valence-electron chi connectivity index (χ0n) is 13.3. The molecule has 0 spiro atoms. The highest BCUT2D eigenvalue weighted by atomic mass is 32.2. The van der Waals surface area contributed by atoms with Gasteiger partial charge in [-0.3, -0.25) is 0 Å². The number of nitrogens with zero attached hydrogens (tertiary/aromatic N) is 3. The Morgan fingerprint density at radius 1 is 1.45 bits per heavy atom. The molecule has 0 aliphatic rings. The second kappa shape index (κ2) is 6.04. The standard InChI is InChI=1S/C14H20N4O3S/c1-8-10(11(19)20-5)6-9(21-8)7-22-13-17-16-12(18(13)15)14(2,3)4/h6H,7,15H2,1-5H3. The summed E-state index contributed by atoms with van der Waals surface area (Å²) in [5.74, 6) is 8.01. The van der Waals surface area contributed by atoms with Gasteiger partial charge in [-0.1, -0.05) is 32.5 Å². The third-order valence-electron chi connectivity index (χ3n) is 3.05. The topological polar surface area (TPSA) is 96.2 Å². The average molecular weight is 324 g/mol. The van der Waals surface area contributed by atoms with Crippen LogP contribution in [0.2, 0.25) is 0 Å². The number of ether oxygens (including phenoxy) is 1. The van der Waals surface area contributed by atoms with E-state index in [1.54, 1.807) is 13.0 Å². The number of esters is 1. The first-order valence-electron chi connectivity index (χ1n) is 6.75. The molecule has 2 aromatic rings. The molecular formula is C14H20N4O3S. The third-order valence-corrected chi connectivity index (χ3v) is 4.02. The molecule has 2 aromatic heterocycles. The SMILES string of the molecule is COC(=O)c1cc(CSc2nnc(C(C)(C)C)n2N)oc1C. The summed E-state index contributed by atoms with van der Waals surface area (Å²) in [7, 11) is 1.34. The van der Waals surface area contributed by atoms with E-state index in [2.05, 4.69) is 10.2 Å². The second-order valence-electron chi connectivity index (χ2n) is 5.89. The van der Waals surface area contributed by atoms with Crippen LogP contribution in [-0.4, -0.2) is 28.0 Å². The van der Waals surface area contributed by atoms with Crippen LogP contribution >= 0.6 is 11.8 Å². The van der Waals surface area contributed by atoms with Crippen molar-refractivity contribution in [1.29, 1.82) is 0 Å². The molecule has 7 nitrogen and oxygen atoms in total. The van der Waals surface area contributed by atoms with Gasteiger partial charge in [-0.25, -0.2) is 9.47 Å². The first kappa shape index (κ1) is 16.4. The second-order valence-corrected chi connectivity index (χ2v) is 6.83. The number of aryl methyl sites for hydroxylation is 1. The Labute approximate surface area is 133 Å². The molecule has 0 amide bonds. The minimum Gasteiger partial charge on any atom is -0.465 e. The summed E-state index contributed by atoms with van der Waals surface area (Å²) in [5.41, 5.74) is 0.252. The van der Waals surface area contributed by atoms with E-state index in [9.17, 15) is 4.79 Å². The zero-order chi connectivity index (χ0) is 16.5. The quantitative estimate of drug-likeness (QED) is 0.523. The van der Waals surface area contributed by atoms with Crippen molar-refractivity contribution in [2.75, 3.05) is 13.0 Å². The van der Waals surface area contributed by atoms with Crippen LogP contribution in [0.1, 0.15) is 48.5 Å². The number of methoxy groups -OCH3 is 1. The number of hydrogen-bond donors (Lipinski definition) is 1. The maximum Gasteiger partial charge on any atom is 0.341 e. The molecule has 120 valence electrons. The molecule has 0 unspecified atom stereocenters. The lowest BCUT2D eigenvalue weighted by atomic mass is 9.96. The van der Waals surface area contributed by atoms with E-state index in [1.807, 2.05) is 20.8 Å². The van der Waals surface area contributed by atoms with E-state index in [0.29, 0.717) is 33.8 Å². The predicted molar refractivity (Wildman–Crippen MR) is 83.2 cm³/mol. The molecule has 0 fully saturated rings. The largest absolute Gasteiger partial charge is 0.465 e. The van der Waals surface area contributed by atoms with Crippen LogP contribution in [0.15, 0.2) is 15.6 Å². The smallest absolute Gasteiger partial charge is 0.341 e. The average Bonchev–Trinajstić information content (AvgIpc) is 2.98. The Kier molecular flexibility index (Phi) is 4.50. The summed E-state index contributed by atoms with van der Waals surface area (Å²) in [4.78, 5) is 11.6. The van der Waals surface area contributed by atoms with Gasteiger partial charge in [-0.15, -0.1) is 10.2 Å². The van der Waals surface area contributed by atoms with Gasteiger partial charge >= 0.3 is 5.97 Å². The number of rotatable bonds is 4. The number of aromatic nitrogens is 3. The summed E-state index contributed by atoms with van der Waals surface area (Å²) in [5, 5.41) is 8.82. The summed E-state index contributed by atoms with van der Waals surface area (Å²) in [6.45, 7) is 7.79. The van der Waals surface area contributed by atoms with Crippen LogP contribution in [0.5, 0.6) is 0 Å². The molecule has 8 heteroatoms. The number of hydrogen-bond acceptors (Lipinski definition) is 7. The Hall–Kier alpha value is -1.96. The fraction of sp³-hybridized carbons (Fsp3) is 0.500. The van der Waals surface area contributed by atoms with Gasteiger partial charge in [0.1, 0.15) is 17.1 Å². The van der Waals surface area contributed by atoms with Gasteiger partial charge in [0.25, 0.3) is 0 Å². The number of carbonyl (C=O) groups excluding carboxylic acids is 1. The van der Waals surface area contributed by atoms with Crippen molar-refractivity contribution >= 4 is 17.7 Å². The molecule has 0 radical (unpaired) electrons. The number of furan rings is 1. The number of thioether (sulfide) groups is 1. The molecule has 0 saturated carbocycles. The lowest BCUT2D eigenvalue weighted by molar-refractivity contribution is 0.0599. The van der Waals surface area contributed by atoms with Gasteiger partial charge in [-0.2, -0.15) is 0 Å². The van der Waals surface area contributed by atoms with E-state index in [0.717, 1.165) is 0 Å². The van der Waals surface area contributed by atoms with E-state index >= 15 is 0 Å². The van der Waals surface area contributed by atoms with Crippen molar-refractivity contribution in [3.8, 4) is 0 Å². The highest BCUT2D eigenvalue weighted by Crippen LogP contribution is 2.27. The number of nitrogens with two attached hydrogens (primary N) is 1. The van der Waals surface area contributed by atoms with E-state index in [1.165, 1.54) is 23.5 Å². The Balaban J connectivity index is 2.11. The Bertz CT molecular complexity index is 685. The number of nitrogen functional groups attached to an aromatic ring is 1. The summed E-state index contributed by atoms with van der Waals surface area (Å²) in [6.07, 6.45) is 0. The molecule has 0 saturated heterocycles. The molecule has 2 N–H and O–H groups in total. The molecular weight excluding hydrogens is 304 g/mol. The lowest BCUT2D eigenvalue weighted by Crippen LogP contribution is -2.24. The molecule has 0 aromatic carbocycles. The lowest BCUT2D eigenvalue weighted by Gasteiger charge is -2.16. The van der Waals surface area contributed by atoms with Crippen molar-refractivity contribution in [3.05, 3.63) is 29.0 Å². The highest BCUT2D eigenvalue weighted by Gasteiger charge is 2.23. The summed E-state index contributed by atoms with van der Waals surface area (Å²) in [6, 6.07) is 1.68. The molecule has 2 rings (SSSR count). The van der Waals surface area contributed by atoms with Gasteiger partial charge in [0.2, 0.25) is 5.16 Å². The van der Waals surface area contributed by atoms with Crippen LogP contribution in [0.25, 0.3) is 0 Å². The summed E-state index contributed by atoms with van der Waals surface area (Å²) >= 11 is 1.40. The maximum atomic E-state index is 11.6. The van der Waals surface area contributed by atoms with Crippen molar-refractivity contribution in [2.45, 2.75) is 44.0 Å². The monoisotopic (exact) mass is 324 g/mol. The van der Waals surface area contributed by atoms with Gasteiger partial charge < -0.3 is 15.0 Å². The minimum absolute atomic E-state index is 0.181. The third kappa shape index (κ3) is 3.27. The van der Waals surface area contributed by atoms with Gasteiger partial charge in [0.05, 0.1) is 12.9 Å². The summed E-state index contributed by atoms with van der Waals surface area (Å²) < 4.78 is 11.7. The fourth-order valence-corrected chi connectivity index (χ4v) is 2.69. The van der Waals surface area contributed by atoms with Crippen molar-refractivity contribution in [3.63, 3.8) is 0 Å². The zero-order valence-corrected chi connectivity index (χ0v) is 14.2. The van der Waals surface area contributed by atoms with Gasteiger partial charge in [0.15, 0.2) is 5.82 Å². The van der Waals surface area contributed by atoms with Crippen LogP contribution in [0.3, 0.4) is 0 Å². The minimum atomic E-state index is -0.408. The van der Waals surface area contributed by atoms with E-state index < -0.39 is 5.97 Å². The molecule has 22 heavy (non-hydrogen) atoms. The molecule has 0 aliphatic heterocycles. The van der Waals surface area contributed by atoms with Gasteiger partial charge in [0, 0.05) is 5.41 Å². The van der Waals surface area contributed by atoms with Crippen LogP contribution in [0.4, 0.5) is 0 Å². The van der Waals surface area contributed by atoms with Crippen molar-refractivity contribution in [2.24, 2.45) is 0 Å². The predicted octanol–water partition coefficient (Wildman–Crippen LogP) is 2.27. The molecule has 0 atom stereocenters. The van der Waals surface area contributed by atoms with Crippen LogP contribution < -0.4 is 5.84 Å². The van der Waals surface area contributed by atoms with Crippen LogP contribution in [0, 0.1) is 6.92 Å². The van der Waals surface area contributed by atoms with Crippen molar-refractivity contribution in [1.82, 2.24) is 14.9 Å². The molecule has 0 aliphatic carbocycles. The van der Waals surface area contributed by atoms with Crippen molar-refractivity contribution < 1.29 is 13.9 Å². The number of carbonyl (C=O) groups is 1. The Morgan fingerprint density at radius 3 is 2.68 bits per heavy atom. The fourth-order valence-electron chi connectivity index (χ4n) is 1.95. The normalized spacial score (nSPS) is 11.7. The first-order valence-corrected chi connectivity index (χ1v) is 7.74. The van der Waals surface area contributed by atoms with Crippen LogP contribution in [-0.2, 0) is 15.9 Å². The first-order chi connectivity index (χ1) is 10.2. The van der Waals surface area contributed by atoms with E-state index in [4.69, 9.17) is 15.0 Å². The van der Waals surface area contributed by atoms with Gasteiger partial charge in [-0.05, 0) is 13.0 Å². The van der Waals surface area contributed by atoms with E-state index in [-0.39, 0.29) is 5.41 Å².